The van der Waals surface area contributed by atoms with Gasteiger partial charge in [0.05, 0.1) is 19.1 Å². The molecule has 1 unspecified atom stereocenters. The van der Waals surface area contributed by atoms with Gasteiger partial charge in [-0.3, -0.25) is 0 Å². The zero-order valence-corrected chi connectivity index (χ0v) is 6.19. The molecule has 1 N–H and O–H groups in total. The Hall–Kier alpha value is -0.290. The summed E-state index contributed by atoms with van der Waals surface area (Å²) in [6.07, 6.45) is -6.95. The normalized spacial score (nSPS) is 15.0. The van der Waals surface area contributed by atoms with Gasteiger partial charge < -0.3 is 9.84 Å². The zero-order chi connectivity index (χ0) is 8.91. The van der Waals surface area contributed by atoms with Crippen molar-refractivity contribution in [2.75, 3.05) is 13.2 Å². The molecule has 0 fully saturated rings. The van der Waals surface area contributed by atoms with Gasteiger partial charge in [0, 0.05) is 6.61 Å². The molecule has 0 rings (SSSR count). The van der Waals surface area contributed by atoms with E-state index < -0.39 is 18.7 Å². The van der Waals surface area contributed by atoms with Crippen molar-refractivity contribution in [1.82, 2.24) is 0 Å². The Kier molecular flexibility index (Phi) is 4.44. The highest BCUT2D eigenvalue weighted by molar-refractivity contribution is 4.60. The van der Waals surface area contributed by atoms with Crippen LogP contribution in [0.3, 0.4) is 0 Å². The van der Waals surface area contributed by atoms with Crippen molar-refractivity contribution < 1.29 is 23.0 Å². The second-order valence-electron chi connectivity index (χ2n) is 2.13. The zero-order valence-electron chi connectivity index (χ0n) is 6.19. The average molecular weight is 172 g/mol. The van der Waals surface area contributed by atoms with Crippen molar-refractivity contribution in [3.63, 3.8) is 0 Å². The summed E-state index contributed by atoms with van der Waals surface area (Å²) in [6.45, 7) is 1.71. The third-order valence-corrected chi connectivity index (χ3v) is 0.981. The lowest BCUT2D eigenvalue weighted by molar-refractivity contribution is -0.159. The first-order chi connectivity index (χ1) is 4.95. The van der Waals surface area contributed by atoms with Crippen LogP contribution in [0, 0.1) is 0 Å². The summed E-state index contributed by atoms with van der Waals surface area (Å²) in [6, 6.07) is 0. The largest absolute Gasteiger partial charge is 0.391 e. The number of ether oxygens (including phenoxy) is 1. The van der Waals surface area contributed by atoms with E-state index in [0.717, 1.165) is 0 Å². The van der Waals surface area contributed by atoms with Gasteiger partial charge in [-0.25, -0.2) is 0 Å². The summed E-state index contributed by atoms with van der Waals surface area (Å²) in [4.78, 5) is 0. The molecule has 0 heterocycles. The first-order valence-corrected chi connectivity index (χ1v) is 3.28. The summed E-state index contributed by atoms with van der Waals surface area (Å²) in [7, 11) is 0. The molecule has 0 bridgehead atoms. The highest BCUT2D eigenvalue weighted by atomic mass is 19.4. The van der Waals surface area contributed by atoms with Gasteiger partial charge in [-0.05, 0) is 6.92 Å². The van der Waals surface area contributed by atoms with Crippen LogP contribution in [0.15, 0.2) is 0 Å². The summed E-state index contributed by atoms with van der Waals surface area (Å²) < 4.78 is 39.1. The topological polar surface area (TPSA) is 29.5 Å². The van der Waals surface area contributed by atoms with Crippen molar-refractivity contribution >= 4 is 0 Å². The van der Waals surface area contributed by atoms with Gasteiger partial charge in [0.2, 0.25) is 0 Å². The Morgan fingerprint density at radius 3 is 2.36 bits per heavy atom. The smallest absolute Gasteiger partial charge is 0.390 e. The number of rotatable bonds is 4. The van der Waals surface area contributed by atoms with Crippen LogP contribution in [0.25, 0.3) is 0 Å². The van der Waals surface area contributed by atoms with Crippen molar-refractivity contribution in [3.05, 3.63) is 0 Å². The standard InChI is InChI=1S/C6H11F3O2/c1-2-11-4-5(10)3-6(7,8)9/h5,10H,2-4H2,1H3. The Morgan fingerprint density at radius 2 is 2.00 bits per heavy atom. The first kappa shape index (κ1) is 10.7. The molecule has 68 valence electrons. The Morgan fingerprint density at radius 1 is 1.45 bits per heavy atom. The Balaban J connectivity index is 3.44. The molecule has 2 nitrogen and oxygen atoms in total. The maximum atomic E-state index is 11.5. The van der Waals surface area contributed by atoms with Gasteiger partial charge in [0.1, 0.15) is 0 Å². The predicted octanol–water partition coefficient (Wildman–Crippen LogP) is 1.34. The van der Waals surface area contributed by atoms with Crippen molar-refractivity contribution in [1.29, 1.82) is 0 Å². The lowest BCUT2D eigenvalue weighted by Gasteiger charge is -2.12. The lowest BCUT2D eigenvalue weighted by atomic mass is 10.3. The fraction of sp³-hybridized carbons (Fsp3) is 1.00. The monoisotopic (exact) mass is 172 g/mol. The SMILES string of the molecule is CCOCC(O)CC(F)(F)F. The molecule has 0 aromatic carbocycles. The minimum Gasteiger partial charge on any atom is -0.390 e. The molecule has 0 aliphatic heterocycles. The third-order valence-electron chi connectivity index (χ3n) is 0.981. The van der Waals surface area contributed by atoms with E-state index in [1.165, 1.54) is 0 Å². The van der Waals surface area contributed by atoms with Crippen LogP contribution in [0.5, 0.6) is 0 Å². The number of alkyl halides is 3. The Labute approximate surface area is 63.0 Å². The molecule has 0 saturated carbocycles. The van der Waals surface area contributed by atoms with Crippen LogP contribution < -0.4 is 0 Å². The highest BCUT2D eigenvalue weighted by Crippen LogP contribution is 2.21. The molecule has 0 aromatic heterocycles. The number of aliphatic hydroxyl groups excluding tert-OH is 1. The van der Waals surface area contributed by atoms with Crippen LogP contribution in [0.2, 0.25) is 0 Å². The maximum Gasteiger partial charge on any atom is 0.391 e. The molecule has 11 heavy (non-hydrogen) atoms. The molecule has 0 spiro atoms. The van der Waals surface area contributed by atoms with E-state index in [2.05, 4.69) is 4.74 Å². The number of aliphatic hydroxyl groups is 1. The lowest BCUT2D eigenvalue weighted by Crippen LogP contribution is -2.23. The summed E-state index contributed by atoms with van der Waals surface area (Å²) in [5, 5.41) is 8.67. The van der Waals surface area contributed by atoms with Gasteiger partial charge in [0.25, 0.3) is 0 Å². The van der Waals surface area contributed by atoms with E-state index in [-0.39, 0.29) is 6.61 Å². The molecule has 5 heteroatoms. The van der Waals surface area contributed by atoms with Crippen LogP contribution in [0.4, 0.5) is 13.2 Å². The molecule has 0 amide bonds. The summed E-state index contributed by atoms with van der Waals surface area (Å²) in [5.41, 5.74) is 0. The molecule has 0 saturated heterocycles. The fourth-order valence-corrected chi connectivity index (χ4v) is 0.580. The summed E-state index contributed by atoms with van der Waals surface area (Å²) >= 11 is 0. The number of hydrogen-bond acceptors (Lipinski definition) is 2. The number of hydrogen-bond donors (Lipinski definition) is 1. The first-order valence-electron chi connectivity index (χ1n) is 3.28. The minimum atomic E-state index is -4.31. The average Bonchev–Trinajstić information content (AvgIpc) is 1.79. The molecule has 0 aliphatic rings. The summed E-state index contributed by atoms with van der Waals surface area (Å²) in [5.74, 6) is 0. The fourth-order valence-electron chi connectivity index (χ4n) is 0.580. The van der Waals surface area contributed by atoms with Crippen molar-refractivity contribution in [2.45, 2.75) is 25.6 Å². The molecule has 0 radical (unpaired) electrons. The molecular formula is C6H11F3O2. The molecule has 0 aromatic rings. The van der Waals surface area contributed by atoms with Crippen molar-refractivity contribution in [3.8, 4) is 0 Å². The van der Waals surface area contributed by atoms with Crippen molar-refractivity contribution in [2.24, 2.45) is 0 Å². The van der Waals surface area contributed by atoms with E-state index in [9.17, 15) is 13.2 Å². The highest BCUT2D eigenvalue weighted by Gasteiger charge is 2.30. The maximum absolute atomic E-state index is 11.5. The van der Waals surface area contributed by atoms with Gasteiger partial charge in [-0.15, -0.1) is 0 Å². The quantitative estimate of drug-likeness (QED) is 0.693. The van der Waals surface area contributed by atoms with E-state index in [1.807, 2.05) is 0 Å². The van der Waals surface area contributed by atoms with E-state index in [4.69, 9.17) is 5.11 Å². The van der Waals surface area contributed by atoms with Gasteiger partial charge in [-0.1, -0.05) is 0 Å². The van der Waals surface area contributed by atoms with E-state index in [0.29, 0.717) is 6.61 Å². The molecule has 0 aliphatic carbocycles. The molecular weight excluding hydrogens is 161 g/mol. The number of halogens is 3. The second kappa shape index (κ2) is 4.56. The van der Waals surface area contributed by atoms with Crippen LogP contribution in [-0.4, -0.2) is 30.6 Å². The van der Waals surface area contributed by atoms with Crippen LogP contribution in [0.1, 0.15) is 13.3 Å². The van der Waals surface area contributed by atoms with E-state index in [1.54, 1.807) is 6.92 Å². The van der Waals surface area contributed by atoms with Crippen LogP contribution in [-0.2, 0) is 4.74 Å². The van der Waals surface area contributed by atoms with Crippen LogP contribution >= 0.6 is 0 Å². The minimum absolute atomic E-state index is 0.254. The Bertz CT molecular complexity index is 102. The van der Waals surface area contributed by atoms with Gasteiger partial charge in [-0.2, -0.15) is 13.2 Å². The predicted molar refractivity (Wildman–Crippen MR) is 33.2 cm³/mol. The molecule has 1 atom stereocenters. The van der Waals surface area contributed by atoms with E-state index >= 15 is 0 Å². The van der Waals surface area contributed by atoms with Gasteiger partial charge in [0.15, 0.2) is 0 Å². The van der Waals surface area contributed by atoms with Gasteiger partial charge >= 0.3 is 6.18 Å². The third kappa shape index (κ3) is 7.61. The second-order valence-corrected chi connectivity index (χ2v) is 2.13.